The first kappa shape index (κ1) is 12.5. The highest BCUT2D eigenvalue weighted by molar-refractivity contribution is 5.76. The molecule has 0 aromatic carbocycles. The molecule has 0 aromatic heterocycles. The molecule has 15 heavy (non-hydrogen) atoms. The van der Waals surface area contributed by atoms with Crippen molar-refractivity contribution in [3.05, 3.63) is 0 Å². The largest absolute Gasteiger partial charge is 0.325 e. The lowest BCUT2D eigenvalue weighted by Gasteiger charge is -2.39. The Morgan fingerprint density at radius 1 is 1.47 bits per heavy atom. The minimum atomic E-state index is -0.197. The normalized spacial score (nSPS) is 19.7. The quantitative estimate of drug-likeness (QED) is 0.757. The van der Waals surface area contributed by atoms with Crippen molar-refractivity contribution in [1.29, 1.82) is 0 Å². The molecule has 0 saturated carbocycles. The Bertz CT molecular complexity index is 222. The summed E-state index contributed by atoms with van der Waals surface area (Å²) in [5.74, 6) is 0.243. The molecular formula is C11H23N3O. The Hall–Kier alpha value is -0.610. The summed E-state index contributed by atoms with van der Waals surface area (Å²) in [7, 11) is 0. The summed E-state index contributed by atoms with van der Waals surface area (Å²) in [6, 6.07) is 0. The fourth-order valence-electron chi connectivity index (χ4n) is 1.81. The van der Waals surface area contributed by atoms with Crippen molar-refractivity contribution in [2.45, 2.75) is 45.6 Å². The van der Waals surface area contributed by atoms with Crippen LogP contribution in [0, 0.1) is 0 Å². The molecule has 4 nitrogen and oxygen atoms in total. The maximum atomic E-state index is 11.7. The summed E-state index contributed by atoms with van der Waals surface area (Å²) in [5.41, 5.74) is 5.73. The van der Waals surface area contributed by atoms with E-state index in [1.807, 2.05) is 18.9 Å². The van der Waals surface area contributed by atoms with Crippen molar-refractivity contribution < 1.29 is 4.79 Å². The standard InChI is InChI=1S/C11H23N3O/c1-4-13-8-5-6-10(15)14(13)9-7-11(2,3)12/h4-9,12H2,1-3H3. The molecule has 1 aliphatic heterocycles. The predicted octanol–water partition coefficient (Wildman–Crippen LogP) is 0.973. The Balaban J connectivity index is 2.51. The molecule has 0 aliphatic carbocycles. The maximum Gasteiger partial charge on any atom is 0.236 e. The molecule has 0 radical (unpaired) electrons. The number of amides is 1. The van der Waals surface area contributed by atoms with Crippen LogP contribution in [-0.2, 0) is 4.79 Å². The van der Waals surface area contributed by atoms with Crippen LogP contribution >= 0.6 is 0 Å². The summed E-state index contributed by atoms with van der Waals surface area (Å²) in [5, 5.41) is 4.00. The van der Waals surface area contributed by atoms with Crippen LogP contribution in [0.4, 0.5) is 0 Å². The van der Waals surface area contributed by atoms with Gasteiger partial charge in [0.25, 0.3) is 0 Å². The van der Waals surface area contributed by atoms with E-state index in [0.717, 1.165) is 32.5 Å². The van der Waals surface area contributed by atoms with Crippen LogP contribution < -0.4 is 5.73 Å². The van der Waals surface area contributed by atoms with Crippen LogP contribution in [0.5, 0.6) is 0 Å². The van der Waals surface area contributed by atoms with Crippen molar-refractivity contribution in [3.63, 3.8) is 0 Å². The van der Waals surface area contributed by atoms with Gasteiger partial charge in [-0.2, -0.15) is 0 Å². The number of nitrogens with zero attached hydrogens (tertiary/aromatic N) is 2. The number of hydrogen-bond donors (Lipinski definition) is 1. The van der Waals surface area contributed by atoms with Gasteiger partial charge in [-0.3, -0.25) is 9.80 Å². The number of rotatable bonds is 4. The van der Waals surface area contributed by atoms with Gasteiger partial charge in [-0.05, 0) is 26.7 Å². The van der Waals surface area contributed by atoms with E-state index in [-0.39, 0.29) is 11.4 Å². The van der Waals surface area contributed by atoms with Gasteiger partial charge in [-0.1, -0.05) is 6.92 Å². The second-order valence-corrected chi connectivity index (χ2v) is 4.91. The monoisotopic (exact) mass is 213 g/mol. The average molecular weight is 213 g/mol. The van der Waals surface area contributed by atoms with E-state index in [1.165, 1.54) is 0 Å². The van der Waals surface area contributed by atoms with E-state index in [1.54, 1.807) is 0 Å². The second kappa shape index (κ2) is 4.94. The Kier molecular flexibility index (Phi) is 4.11. The van der Waals surface area contributed by atoms with Crippen LogP contribution in [0.1, 0.15) is 40.0 Å². The molecule has 1 saturated heterocycles. The van der Waals surface area contributed by atoms with Crippen molar-refractivity contribution in [3.8, 4) is 0 Å². The first-order chi connectivity index (χ1) is 6.94. The smallest absolute Gasteiger partial charge is 0.236 e. The van der Waals surface area contributed by atoms with Gasteiger partial charge in [0.05, 0.1) is 0 Å². The summed E-state index contributed by atoms with van der Waals surface area (Å²) < 4.78 is 0. The Morgan fingerprint density at radius 3 is 2.67 bits per heavy atom. The summed E-state index contributed by atoms with van der Waals surface area (Å²) in [4.78, 5) is 11.7. The van der Waals surface area contributed by atoms with Crippen molar-refractivity contribution in [1.82, 2.24) is 10.0 Å². The minimum absolute atomic E-state index is 0.197. The Labute approximate surface area is 92.4 Å². The lowest BCUT2D eigenvalue weighted by atomic mass is 10.0. The summed E-state index contributed by atoms with van der Waals surface area (Å²) in [6.45, 7) is 8.72. The van der Waals surface area contributed by atoms with Crippen LogP contribution in [0.2, 0.25) is 0 Å². The fourth-order valence-corrected chi connectivity index (χ4v) is 1.81. The molecule has 2 N–H and O–H groups in total. The van der Waals surface area contributed by atoms with E-state index in [0.29, 0.717) is 6.42 Å². The zero-order valence-electron chi connectivity index (χ0n) is 10.1. The average Bonchev–Trinajstić information content (AvgIpc) is 2.14. The number of carbonyl (C=O) groups excluding carboxylic acids is 1. The lowest BCUT2D eigenvalue weighted by Crippen LogP contribution is -2.52. The molecule has 1 heterocycles. The van der Waals surface area contributed by atoms with Crippen LogP contribution in [0.3, 0.4) is 0 Å². The minimum Gasteiger partial charge on any atom is -0.325 e. The van der Waals surface area contributed by atoms with Crippen LogP contribution in [0.25, 0.3) is 0 Å². The summed E-state index contributed by atoms with van der Waals surface area (Å²) >= 11 is 0. The third-order valence-electron chi connectivity index (χ3n) is 2.77. The lowest BCUT2D eigenvalue weighted by molar-refractivity contribution is -0.155. The van der Waals surface area contributed by atoms with Gasteiger partial charge < -0.3 is 5.73 Å². The van der Waals surface area contributed by atoms with E-state index in [4.69, 9.17) is 5.73 Å². The van der Waals surface area contributed by atoms with Crippen molar-refractivity contribution >= 4 is 5.91 Å². The second-order valence-electron chi connectivity index (χ2n) is 4.91. The fraction of sp³-hybridized carbons (Fsp3) is 0.909. The maximum absolute atomic E-state index is 11.7. The molecule has 1 fully saturated rings. The molecule has 1 aliphatic rings. The van der Waals surface area contributed by atoms with Gasteiger partial charge in [0.15, 0.2) is 0 Å². The van der Waals surface area contributed by atoms with Gasteiger partial charge in [0, 0.05) is 31.6 Å². The van der Waals surface area contributed by atoms with E-state index in [2.05, 4.69) is 11.9 Å². The van der Waals surface area contributed by atoms with Gasteiger partial charge in [-0.25, -0.2) is 5.01 Å². The van der Waals surface area contributed by atoms with Crippen LogP contribution in [-0.4, -0.2) is 41.1 Å². The number of hydrazine groups is 1. The van der Waals surface area contributed by atoms with Gasteiger partial charge in [-0.15, -0.1) is 0 Å². The molecule has 1 amide bonds. The highest BCUT2D eigenvalue weighted by Crippen LogP contribution is 2.14. The SMILES string of the molecule is CCN1CCCC(=O)N1CCC(C)(C)N. The third-order valence-corrected chi connectivity index (χ3v) is 2.77. The summed E-state index contributed by atoms with van der Waals surface area (Å²) in [6.07, 6.45) is 2.51. The topological polar surface area (TPSA) is 49.6 Å². The number of nitrogens with two attached hydrogens (primary N) is 1. The van der Waals surface area contributed by atoms with Crippen molar-refractivity contribution in [2.75, 3.05) is 19.6 Å². The molecule has 0 aromatic rings. The van der Waals surface area contributed by atoms with Crippen molar-refractivity contribution in [2.24, 2.45) is 5.73 Å². The Morgan fingerprint density at radius 2 is 2.13 bits per heavy atom. The zero-order valence-corrected chi connectivity index (χ0v) is 10.1. The highest BCUT2D eigenvalue weighted by Gasteiger charge is 2.25. The van der Waals surface area contributed by atoms with Gasteiger partial charge >= 0.3 is 0 Å². The molecule has 0 bridgehead atoms. The van der Waals surface area contributed by atoms with Gasteiger partial charge in [0.2, 0.25) is 5.91 Å². The molecule has 4 heteroatoms. The van der Waals surface area contributed by atoms with E-state index >= 15 is 0 Å². The molecule has 88 valence electrons. The first-order valence-corrected chi connectivity index (χ1v) is 5.78. The third kappa shape index (κ3) is 3.80. The molecule has 0 atom stereocenters. The van der Waals surface area contributed by atoms with E-state index < -0.39 is 0 Å². The molecular weight excluding hydrogens is 190 g/mol. The zero-order chi connectivity index (χ0) is 11.5. The molecule has 1 rings (SSSR count). The van der Waals surface area contributed by atoms with E-state index in [9.17, 15) is 4.79 Å². The predicted molar refractivity (Wildman–Crippen MR) is 61.1 cm³/mol. The first-order valence-electron chi connectivity index (χ1n) is 5.78. The highest BCUT2D eigenvalue weighted by atomic mass is 16.2. The molecule has 0 spiro atoms. The van der Waals surface area contributed by atoms with Gasteiger partial charge in [0.1, 0.15) is 0 Å². The number of carbonyl (C=O) groups is 1. The number of hydrogen-bond acceptors (Lipinski definition) is 3. The van der Waals surface area contributed by atoms with Crippen LogP contribution in [0.15, 0.2) is 0 Å². The molecule has 0 unspecified atom stereocenters.